The highest BCUT2D eigenvalue weighted by molar-refractivity contribution is 6.04. The summed E-state index contributed by atoms with van der Waals surface area (Å²) >= 11 is 0. The minimum Gasteiger partial charge on any atom is -0.319 e. The first kappa shape index (κ1) is 12.9. The molecule has 1 aromatic rings. The molecule has 0 spiro atoms. The average molecular weight is 219 g/mol. The number of benzene rings is 1. The molecule has 0 saturated heterocycles. The van der Waals surface area contributed by atoms with E-state index >= 15 is 0 Å². The summed E-state index contributed by atoms with van der Waals surface area (Å²) in [7, 11) is 0. The van der Waals surface area contributed by atoms with E-state index in [0.29, 0.717) is 0 Å². The zero-order valence-corrected chi connectivity index (χ0v) is 10.6. The van der Waals surface area contributed by atoms with Crippen molar-refractivity contribution in [1.82, 2.24) is 0 Å². The number of hydrogen-bond donors (Lipinski definition) is 1. The number of rotatable bonds is 4. The second-order valence-electron chi connectivity index (χ2n) is 4.81. The normalized spacial score (nSPS) is 14.6. The lowest BCUT2D eigenvalue weighted by atomic mass is 9.86. The molecule has 16 heavy (non-hydrogen) atoms. The maximum absolute atomic E-state index is 12.3. The standard InChI is InChI=1S/C14H21NO/c1-5-8-14(4,15)13(16)12-9-10(2)6-7-11(12)3/h6-7,9H,5,8,15H2,1-4H3. The van der Waals surface area contributed by atoms with E-state index < -0.39 is 5.54 Å². The van der Waals surface area contributed by atoms with E-state index in [2.05, 4.69) is 0 Å². The first-order chi connectivity index (χ1) is 7.38. The van der Waals surface area contributed by atoms with Crippen molar-refractivity contribution >= 4 is 5.78 Å². The van der Waals surface area contributed by atoms with Crippen LogP contribution in [0.1, 0.15) is 48.2 Å². The molecule has 0 aliphatic rings. The van der Waals surface area contributed by atoms with Gasteiger partial charge in [0.25, 0.3) is 0 Å². The monoisotopic (exact) mass is 219 g/mol. The van der Waals surface area contributed by atoms with Crippen LogP contribution in [0.3, 0.4) is 0 Å². The van der Waals surface area contributed by atoms with Gasteiger partial charge in [-0.05, 0) is 38.8 Å². The van der Waals surface area contributed by atoms with Gasteiger partial charge in [0.15, 0.2) is 5.78 Å². The number of carbonyl (C=O) groups is 1. The average Bonchev–Trinajstić information content (AvgIpc) is 2.20. The summed E-state index contributed by atoms with van der Waals surface area (Å²) in [6.07, 6.45) is 1.64. The van der Waals surface area contributed by atoms with Crippen molar-refractivity contribution < 1.29 is 4.79 Å². The topological polar surface area (TPSA) is 43.1 Å². The predicted molar refractivity (Wildman–Crippen MR) is 67.7 cm³/mol. The van der Waals surface area contributed by atoms with Gasteiger partial charge in [-0.2, -0.15) is 0 Å². The molecular formula is C14H21NO. The zero-order chi connectivity index (χ0) is 12.3. The van der Waals surface area contributed by atoms with Crippen molar-refractivity contribution in [2.75, 3.05) is 0 Å². The number of nitrogens with two attached hydrogens (primary N) is 1. The molecule has 0 aliphatic heterocycles. The summed E-state index contributed by atoms with van der Waals surface area (Å²) < 4.78 is 0. The molecule has 1 rings (SSSR count). The molecule has 0 saturated carbocycles. The molecule has 0 bridgehead atoms. The molecule has 88 valence electrons. The Morgan fingerprint density at radius 2 is 2.00 bits per heavy atom. The largest absolute Gasteiger partial charge is 0.319 e. The Morgan fingerprint density at radius 3 is 2.56 bits per heavy atom. The molecule has 0 fully saturated rings. The van der Waals surface area contributed by atoms with Gasteiger partial charge in [0.1, 0.15) is 0 Å². The van der Waals surface area contributed by atoms with E-state index in [9.17, 15) is 4.79 Å². The van der Waals surface area contributed by atoms with E-state index in [1.807, 2.05) is 45.9 Å². The summed E-state index contributed by atoms with van der Waals surface area (Å²) in [5, 5.41) is 0. The van der Waals surface area contributed by atoms with Crippen LogP contribution in [-0.2, 0) is 0 Å². The van der Waals surface area contributed by atoms with Crippen LogP contribution in [0.4, 0.5) is 0 Å². The molecule has 0 heterocycles. The van der Waals surface area contributed by atoms with Crippen LogP contribution in [0.25, 0.3) is 0 Å². The summed E-state index contributed by atoms with van der Waals surface area (Å²) in [5.41, 5.74) is 8.19. The molecule has 1 atom stereocenters. The lowest BCUT2D eigenvalue weighted by molar-refractivity contribution is 0.0892. The van der Waals surface area contributed by atoms with Crippen molar-refractivity contribution in [2.24, 2.45) is 5.73 Å². The molecule has 1 aromatic carbocycles. The summed E-state index contributed by atoms with van der Waals surface area (Å²) in [6.45, 7) is 7.81. The maximum atomic E-state index is 12.3. The number of aryl methyl sites for hydroxylation is 2. The van der Waals surface area contributed by atoms with Gasteiger partial charge in [-0.25, -0.2) is 0 Å². The van der Waals surface area contributed by atoms with E-state index in [-0.39, 0.29) is 5.78 Å². The van der Waals surface area contributed by atoms with Gasteiger partial charge in [-0.1, -0.05) is 31.0 Å². The highest BCUT2D eigenvalue weighted by Crippen LogP contribution is 2.20. The molecule has 2 nitrogen and oxygen atoms in total. The van der Waals surface area contributed by atoms with E-state index in [0.717, 1.165) is 29.5 Å². The Hall–Kier alpha value is -1.15. The summed E-state index contributed by atoms with van der Waals surface area (Å²) in [4.78, 5) is 12.3. The van der Waals surface area contributed by atoms with Gasteiger partial charge in [0, 0.05) is 5.56 Å². The molecular weight excluding hydrogens is 198 g/mol. The fourth-order valence-corrected chi connectivity index (χ4v) is 1.92. The smallest absolute Gasteiger partial charge is 0.182 e. The van der Waals surface area contributed by atoms with Crippen LogP contribution in [-0.4, -0.2) is 11.3 Å². The minimum absolute atomic E-state index is 0.0514. The molecule has 2 heteroatoms. The van der Waals surface area contributed by atoms with E-state index in [1.54, 1.807) is 0 Å². The zero-order valence-electron chi connectivity index (χ0n) is 10.6. The van der Waals surface area contributed by atoms with Crippen molar-refractivity contribution in [2.45, 2.75) is 46.1 Å². The Balaban J connectivity index is 3.09. The minimum atomic E-state index is -0.743. The highest BCUT2D eigenvalue weighted by Gasteiger charge is 2.29. The van der Waals surface area contributed by atoms with Crippen molar-refractivity contribution in [3.05, 3.63) is 34.9 Å². The SMILES string of the molecule is CCCC(C)(N)C(=O)c1cc(C)ccc1C. The van der Waals surface area contributed by atoms with Crippen LogP contribution in [0.15, 0.2) is 18.2 Å². The Morgan fingerprint density at radius 1 is 1.38 bits per heavy atom. The third kappa shape index (κ3) is 2.70. The second-order valence-corrected chi connectivity index (χ2v) is 4.81. The van der Waals surface area contributed by atoms with Crippen molar-refractivity contribution in [3.63, 3.8) is 0 Å². The molecule has 0 aromatic heterocycles. The number of ketones is 1. The molecule has 1 unspecified atom stereocenters. The Kier molecular flexibility index (Phi) is 3.87. The lowest BCUT2D eigenvalue weighted by Gasteiger charge is -2.23. The first-order valence-electron chi connectivity index (χ1n) is 5.79. The van der Waals surface area contributed by atoms with E-state index in [1.165, 1.54) is 0 Å². The van der Waals surface area contributed by atoms with Crippen LogP contribution < -0.4 is 5.73 Å². The van der Waals surface area contributed by atoms with Crippen LogP contribution >= 0.6 is 0 Å². The quantitative estimate of drug-likeness (QED) is 0.791. The van der Waals surface area contributed by atoms with Gasteiger partial charge in [0.2, 0.25) is 0 Å². The van der Waals surface area contributed by atoms with Crippen LogP contribution in [0.2, 0.25) is 0 Å². The highest BCUT2D eigenvalue weighted by atomic mass is 16.1. The van der Waals surface area contributed by atoms with Crippen LogP contribution in [0, 0.1) is 13.8 Å². The first-order valence-corrected chi connectivity index (χ1v) is 5.79. The molecule has 0 aliphatic carbocycles. The summed E-state index contributed by atoms with van der Waals surface area (Å²) in [5.74, 6) is 0.0514. The Labute approximate surface area is 97.9 Å². The van der Waals surface area contributed by atoms with Gasteiger partial charge < -0.3 is 5.73 Å². The summed E-state index contributed by atoms with van der Waals surface area (Å²) in [6, 6.07) is 5.92. The fraction of sp³-hybridized carbons (Fsp3) is 0.500. The molecule has 2 N–H and O–H groups in total. The van der Waals surface area contributed by atoms with Crippen molar-refractivity contribution in [1.29, 1.82) is 0 Å². The van der Waals surface area contributed by atoms with Crippen molar-refractivity contribution in [3.8, 4) is 0 Å². The molecule has 0 radical (unpaired) electrons. The van der Waals surface area contributed by atoms with Gasteiger partial charge in [-0.15, -0.1) is 0 Å². The third-order valence-electron chi connectivity index (χ3n) is 2.93. The number of carbonyl (C=O) groups excluding carboxylic acids is 1. The van der Waals surface area contributed by atoms with Crippen LogP contribution in [0.5, 0.6) is 0 Å². The predicted octanol–water partition coefficient (Wildman–Crippen LogP) is 3.00. The number of Topliss-reactive ketones (excluding diaryl/α,β-unsaturated/α-hetero) is 1. The third-order valence-corrected chi connectivity index (χ3v) is 2.93. The van der Waals surface area contributed by atoms with Gasteiger partial charge in [-0.3, -0.25) is 4.79 Å². The van der Waals surface area contributed by atoms with Gasteiger partial charge >= 0.3 is 0 Å². The molecule has 0 amide bonds. The maximum Gasteiger partial charge on any atom is 0.182 e. The Bertz CT molecular complexity index is 394. The van der Waals surface area contributed by atoms with E-state index in [4.69, 9.17) is 5.73 Å². The number of hydrogen-bond acceptors (Lipinski definition) is 2. The fourth-order valence-electron chi connectivity index (χ4n) is 1.92. The van der Waals surface area contributed by atoms with Gasteiger partial charge in [0.05, 0.1) is 5.54 Å². The second kappa shape index (κ2) is 4.79. The lowest BCUT2D eigenvalue weighted by Crippen LogP contribution is -2.45.